The highest BCUT2D eigenvalue weighted by atomic mass is 16.6. The maximum Gasteiger partial charge on any atom is 0.306 e. The first-order chi connectivity index (χ1) is 30.6. The summed E-state index contributed by atoms with van der Waals surface area (Å²) in [5, 5.41) is 0. The molecule has 0 radical (unpaired) electrons. The molecule has 0 N–H and O–H groups in total. The van der Waals surface area contributed by atoms with E-state index in [-0.39, 0.29) is 25.2 Å². The van der Waals surface area contributed by atoms with Crippen LogP contribution < -0.4 is 0 Å². The maximum atomic E-state index is 12.8. The van der Waals surface area contributed by atoms with Crippen LogP contribution in [0.2, 0.25) is 0 Å². The predicted molar refractivity (Wildman–Crippen MR) is 269 cm³/mol. The average Bonchev–Trinajstić information content (AvgIpc) is 3.27. The van der Waals surface area contributed by atoms with Crippen molar-refractivity contribution in [3.63, 3.8) is 0 Å². The summed E-state index contributed by atoms with van der Waals surface area (Å²) in [6, 6.07) is 0. The van der Waals surface area contributed by atoms with Gasteiger partial charge in [-0.3, -0.25) is 9.59 Å². The lowest BCUT2D eigenvalue weighted by atomic mass is 10.1. The number of hydrogen-bond acceptors (Lipinski definition) is 5. The van der Waals surface area contributed by atoms with E-state index in [1.807, 2.05) is 0 Å². The number of unbranched alkanes of at least 4 members (excludes halogenated alkanes) is 16. The van der Waals surface area contributed by atoms with Gasteiger partial charge in [-0.25, -0.2) is 0 Å². The van der Waals surface area contributed by atoms with Crippen LogP contribution in [0.4, 0.5) is 0 Å². The highest BCUT2D eigenvalue weighted by Gasteiger charge is 2.17. The van der Waals surface area contributed by atoms with Gasteiger partial charge < -0.3 is 14.2 Å². The molecule has 1 atom stereocenters. The van der Waals surface area contributed by atoms with Gasteiger partial charge in [0.15, 0.2) is 6.10 Å². The van der Waals surface area contributed by atoms with E-state index in [0.717, 1.165) is 109 Å². The summed E-state index contributed by atoms with van der Waals surface area (Å²) in [7, 11) is 0. The van der Waals surface area contributed by atoms with Crippen molar-refractivity contribution in [2.75, 3.05) is 19.8 Å². The van der Waals surface area contributed by atoms with Crippen LogP contribution in [0.25, 0.3) is 0 Å². The molecule has 62 heavy (non-hydrogen) atoms. The van der Waals surface area contributed by atoms with Crippen molar-refractivity contribution >= 4 is 11.9 Å². The summed E-state index contributed by atoms with van der Waals surface area (Å²) in [5.41, 5.74) is 0. The topological polar surface area (TPSA) is 61.8 Å². The van der Waals surface area contributed by atoms with Gasteiger partial charge in [-0.15, -0.1) is 0 Å². The SMILES string of the molecule is CC/C=C\C/C=C\C/C=C\C/C=C\CCCOCC(COC(=O)CCCCCCCCCCC/C=C\C/C=C\CCCCC)OC(=O)CCCCC/C=C\C/C=C\C/C=C\CC. The molecule has 0 rings (SSSR count). The van der Waals surface area contributed by atoms with E-state index in [1.54, 1.807) is 0 Å². The molecule has 0 saturated heterocycles. The molecule has 5 heteroatoms. The number of allylic oxidation sites excluding steroid dienone is 18. The minimum Gasteiger partial charge on any atom is -0.462 e. The third-order valence-electron chi connectivity index (χ3n) is 10.3. The highest BCUT2D eigenvalue weighted by Crippen LogP contribution is 2.13. The summed E-state index contributed by atoms with van der Waals surface area (Å²) in [6.45, 7) is 7.39. The highest BCUT2D eigenvalue weighted by molar-refractivity contribution is 5.70. The fourth-order valence-electron chi connectivity index (χ4n) is 6.56. The molecule has 5 nitrogen and oxygen atoms in total. The van der Waals surface area contributed by atoms with Crippen molar-refractivity contribution in [1.82, 2.24) is 0 Å². The average molecular weight is 859 g/mol. The number of hydrogen-bond donors (Lipinski definition) is 0. The Morgan fingerprint density at radius 3 is 1.18 bits per heavy atom. The Morgan fingerprint density at radius 2 is 0.726 bits per heavy atom. The van der Waals surface area contributed by atoms with Gasteiger partial charge in [-0.1, -0.05) is 194 Å². The zero-order valence-electron chi connectivity index (χ0n) is 40.3. The van der Waals surface area contributed by atoms with Crippen LogP contribution in [0, 0.1) is 0 Å². The third-order valence-corrected chi connectivity index (χ3v) is 10.3. The second kappa shape index (κ2) is 51.9. The zero-order valence-corrected chi connectivity index (χ0v) is 40.3. The van der Waals surface area contributed by atoms with Crippen LogP contribution in [0.5, 0.6) is 0 Å². The van der Waals surface area contributed by atoms with Crippen LogP contribution in [-0.2, 0) is 23.8 Å². The first-order valence-corrected chi connectivity index (χ1v) is 25.4. The third kappa shape index (κ3) is 49.2. The van der Waals surface area contributed by atoms with Gasteiger partial charge in [0.25, 0.3) is 0 Å². The summed E-state index contributed by atoms with van der Waals surface area (Å²) < 4.78 is 17.3. The first kappa shape index (κ1) is 58.6. The minimum absolute atomic E-state index is 0.0432. The molecule has 0 saturated carbocycles. The molecular weight excluding hydrogens is 765 g/mol. The second-order valence-corrected chi connectivity index (χ2v) is 16.3. The van der Waals surface area contributed by atoms with Gasteiger partial charge in [-0.05, 0) is 116 Å². The van der Waals surface area contributed by atoms with E-state index in [4.69, 9.17) is 14.2 Å². The van der Waals surface area contributed by atoms with E-state index in [9.17, 15) is 9.59 Å². The monoisotopic (exact) mass is 859 g/mol. The van der Waals surface area contributed by atoms with E-state index >= 15 is 0 Å². The van der Waals surface area contributed by atoms with Gasteiger partial charge >= 0.3 is 11.9 Å². The van der Waals surface area contributed by atoms with Crippen LogP contribution in [0.1, 0.15) is 213 Å². The quantitative estimate of drug-likeness (QED) is 0.0347. The standard InChI is InChI=1S/C57H94O5/c1-4-7-10-13-16-19-22-25-27-28-29-30-31-33-35-38-41-44-47-50-56(58)61-54-55(53-60-52-49-46-43-40-37-34-26-23-20-17-14-11-8-5-2)62-57(59)51-48-45-42-39-36-32-24-21-18-15-12-9-6-3/h8-9,11-12,16-21,25-27,32,34,36,40,43,55H,4-7,10,13-15,22-24,28-31,33,35,37-39,41-42,44-54H2,1-3H3/b11-8-,12-9-,19-16-,20-17-,21-18-,27-25-,34-26-,36-32-,43-40-. The van der Waals surface area contributed by atoms with Gasteiger partial charge in [0.2, 0.25) is 0 Å². The molecule has 352 valence electrons. The molecule has 0 spiro atoms. The van der Waals surface area contributed by atoms with Crippen molar-refractivity contribution in [1.29, 1.82) is 0 Å². The summed E-state index contributed by atoms with van der Waals surface area (Å²) in [6.07, 6.45) is 71.1. The van der Waals surface area contributed by atoms with E-state index in [2.05, 4.69) is 130 Å². The van der Waals surface area contributed by atoms with Crippen molar-refractivity contribution in [3.8, 4) is 0 Å². The Bertz CT molecular complexity index is 1250. The number of rotatable bonds is 45. The molecule has 0 aliphatic heterocycles. The molecular formula is C57H94O5. The number of ether oxygens (including phenoxy) is 3. The largest absolute Gasteiger partial charge is 0.462 e. The molecule has 0 fully saturated rings. The summed E-state index contributed by atoms with van der Waals surface area (Å²) in [4.78, 5) is 25.4. The second-order valence-electron chi connectivity index (χ2n) is 16.3. The Hall–Kier alpha value is -3.44. The van der Waals surface area contributed by atoms with Gasteiger partial charge in [0.05, 0.1) is 6.61 Å². The fourth-order valence-corrected chi connectivity index (χ4v) is 6.56. The molecule has 0 bridgehead atoms. The van der Waals surface area contributed by atoms with Crippen LogP contribution in [0.15, 0.2) is 109 Å². The van der Waals surface area contributed by atoms with Crippen LogP contribution >= 0.6 is 0 Å². The normalized spacial score (nSPS) is 13.1. The summed E-state index contributed by atoms with van der Waals surface area (Å²) in [5.74, 6) is -0.472. The maximum absolute atomic E-state index is 12.8. The molecule has 1 unspecified atom stereocenters. The molecule has 0 aliphatic rings. The molecule has 0 heterocycles. The smallest absolute Gasteiger partial charge is 0.306 e. The van der Waals surface area contributed by atoms with E-state index in [0.29, 0.717) is 19.4 Å². The van der Waals surface area contributed by atoms with E-state index in [1.165, 1.54) is 70.6 Å². The van der Waals surface area contributed by atoms with Crippen molar-refractivity contribution in [2.45, 2.75) is 219 Å². The lowest BCUT2D eigenvalue weighted by molar-refractivity contribution is -0.163. The molecule has 0 aromatic carbocycles. The van der Waals surface area contributed by atoms with Crippen molar-refractivity contribution in [3.05, 3.63) is 109 Å². The molecule has 0 aromatic heterocycles. The fraction of sp³-hybridized carbons (Fsp3) is 0.649. The Balaban J connectivity index is 4.36. The Morgan fingerprint density at radius 1 is 0.371 bits per heavy atom. The van der Waals surface area contributed by atoms with Gasteiger partial charge in [0, 0.05) is 19.4 Å². The molecule has 0 aliphatic carbocycles. The van der Waals surface area contributed by atoms with Crippen LogP contribution in [-0.4, -0.2) is 37.9 Å². The van der Waals surface area contributed by atoms with E-state index < -0.39 is 6.10 Å². The molecule has 0 aromatic rings. The Kier molecular flexibility index (Phi) is 49.0. The lowest BCUT2D eigenvalue weighted by Gasteiger charge is -2.18. The minimum atomic E-state index is -0.587. The molecule has 0 amide bonds. The van der Waals surface area contributed by atoms with Crippen molar-refractivity contribution in [2.24, 2.45) is 0 Å². The Labute approximate surface area is 383 Å². The number of carbonyl (C=O) groups is 2. The lowest BCUT2D eigenvalue weighted by Crippen LogP contribution is -2.30. The summed E-state index contributed by atoms with van der Waals surface area (Å²) >= 11 is 0. The van der Waals surface area contributed by atoms with Gasteiger partial charge in [0.1, 0.15) is 6.61 Å². The van der Waals surface area contributed by atoms with Crippen molar-refractivity contribution < 1.29 is 23.8 Å². The van der Waals surface area contributed by atoms with Gasteiger partial charge in [-0.2, -0.15) is 0 Å². The first-order valence-electron chi connectivity index (χ1n) is 25.4. The predicted octanol–water partition coefficient (Wildman–Crippen LogP) is 17.2. The number of carbonyl (C=O) groups excluding carboxylic acids is 2. The van der Waals surface area contributed by atoms with Crippen LogP contribution in [0.3, 0.4) is 0 Å². The zero-order chi connectivity index (χ0) is 44.9. The number of esters is 2.